The number of anilines is 1. The SMILES string of the molecule is c1cc(-c2nc(-n3c4ccccc4c4ccccc43)cc(-n3c4ccccc4c4ccccc43)n2)cc(N2C3CC4CC(C3)CC2C4)c1. The van der Waals surface area contributed by atoms with Gasteiger partial charge in [-0.05, 0) is 80.3 Å². The van der Waals surface area contributed by atoms with Gasteiger partial charge in [0.05, 0.1) is 22.1 Å². The lowest BCUT2D eigenvalue weighted by Gasteiger charge is -2.57. The Morgan fingerprint density at radius 2 is 0.875 bits per heavy atom. The Bertz CT molecular complexity index is 2290. The summed E-state index contributed by atoms with van der Waals surface area (Å²) in [5.41, 5.74) is 6.96. The molecular weight excluding hydrogens is 587 g/mol. The van der Waals surface area contributed by atoms with Gasteiger partial charge in [0, 0.05) is 50.9 Å². The zero-order valence-electron chi connectivity index (χ0n) is 26.7. The quantitative estimate of drug-likeness (QED) is 0.196. The fourth-order valence-electron chi connectivity index (χ4n) is 9.88. The van der Waals surface area contributed by atoms with Crippen molar-refractivity contribution in [3.05, 3.63) is 127 Å². The van der Waals surface area contributed by atoms with E-state index in [9.17, 15) is 0 Å². The van der Waals surface area contributed by atoms with Crippen LogP contribution >= 0.6 is 0 Å². The Hall–Kier alpha value is -5.42. The van der Waals surface area contributed by atoms with Crippen molar-refractivity contribution in [1.29, 1.82) is 0 Å². The maximum atomic E-state index is 5.41. The molecular formula is C43H35N5. The van der Waals surface area contributed by atoms with Crippen molar-refractivity contribution in [3.63, 3.8) is 0 Å². The summed E-state index contributed by atoms with van der Waals surface area (Å²) in [5.74, 6) is 4.33. The second-order valence-corrected chi connectivity index (χ2v) is 14.3. The van der Waals surface area contributed by atoms with Crippen LogP contribution in [0.25, 0.3) is 66.6 Å². The van der Waals surface area contributed by atoms with Crippen molar-refractivity contribution in [2.24, 2.45) is 11.8 Å². The molecule has 4 fully saturated rings. The zero-order valence-corrected chi connectivity index (χ0v) is 26.7. The van der Waals surface area contributed by atoms with Crippen molar-refractivity contribution in [1.82, 2.24) is 19.1 Å². The molecule has 2 saturated heterocycles. The fourth-order valence-corrected chi connectivity index (χ4v) is 9.88. The monoisotopic (exact) mass is 621 g/mol. The van der Waals surface area contributed by atoms with E-state index in [1.807, 2.05) is 0 Å². The molecule has 232 valence electrons. The van der Waals surface area contributed by atoms with Crippen LogP contribution in [-0.4, -0.2) is 31.2 Å². The second kappa shape index (κ2) is 10.0. The van der Waals surface area contributed by atoms with Gasteiger partial charge in [-0.15, -0.1) is 0 Å². The maximum absolute atomic E-state index is 5.41. The number of rotatable bonds is 4. The van der Waals surface area contributed by atoms with Crippen molar-refractivity contribution < 1.29 is 0 Å². The standard InChI is InChI=1S/C43H35N5/c1-5-16-37-33(12-1)34-13-2-6-17-38(34)47(37)41-26-42(48-39-18-7-3-14-35(39)36-15-4-8-19-40(36)48)45-43(44-41)29-10-9-11-30(25-29)46-31-21-27-20-28(23-31)24-32(46)22-27/h1-19,25-28,31-32H,20-24H2. The van der Waals surface area contributed by atoms with E-state index in [1.165, 1.54) is 59.3 Å². The van der Waals surface area contributed by atoms with E-state index in [1.54, 1.807) is 0 Å². The Labute approximate surface area is 279 Å². The molecule has 4 aliphatic rings. The molecule has 2 saturated carbocycles. The first-order chi connectivity index (χ1) is 23.8. The first-order valence-electron chi connectivity index (χ1n) is 17.5. The molecule has 5 aromatic carbocycles. The maximum Gasteiger partial charge on any atom is 0.163 e. The summed E-state index contributed by atoms with van der Waals surface area (Å²) in [6, 6.07) is 47.3. The van der Waals surface area contributed by atoms with Crippen LogP contribution in [0.4, 0.5) is 5.69 Å². The van der Waals surface area contributed by atoms with Gasteiger partial charge in [-0.1, -0.05) is 84.9 Å². The molecule has 0 radical (unpaired) electrons. The minimum Gasteiger partial charge on any atom is -0.366 e. The summed E-state index contributed by atoms with van der Waals surface area (Å²) in [4.78, 5) is 13.6. The average Bonchev–Trinajstić information content (AvgIpc) is 3.64. The normalized spacial score (nSPS) is 21.7. The molecule has 2 aliphatic carbocycles. The molecule has 4 bridgehead atoms. The van der Waals surface area contributed by atoms with E-state index in [2.05, 4.69) is 141 Å². The Morgan fingerprint density at radius 3 is 1.33 bits per heavy atom. The van der Waals surface area contributed by atoms with Crippen molar-refractivity contribution in [2.75, 3.05) is 4.90 Å². The third kappa shape index (κ3) is 3.85. The molecule has 3 aromatic heterocycles. The minimum absolute atomic E-state index is 0.662. The number of aromatic nitrogens is 4. The third-order valence-corrected chi connectivity index (χ3v) is 11.6. The number of nitrogens with zero attached hydrogens (tertiary/aromatic N) is 5. The van der Waals surface area contributed by atoms with Crippen molar-refractivity contribution >= 4 is 49.3 Å². The molecule has 5 heteroatoms. The van der Waals surface area contributed by atoms with Gasteiger partial charge >= 0.3 is 0 Å². The number of fused-ring (bicyclic) bond motifs is 6. The van der Waals surface area contributed by atoms with Gasteiger partial charge in [0.1, 0.15) is 11.6 Å². The van der Waals surface area contributed by atoms with Gasteiger partial charge < -0.3 is 4.90 Å². The van der Waals surface area contributed by atoms with Crippen molar-refractivity contribution in [3.8, 4) is 23.0 Å². The fraction of sp³-hybridized carbons (Fsp3) is 0.209. The summed E-state index contributed by atoms with van der Waals surface area (Å²) in [6.45, 7) is 0. The smallest absolute Gasteiger partial charge is 0.163 e. The second-order valence-electron chi connectivity index (χ2n) is 14.3. The van der Waals surface area contributed by atoms with Crippen LogP contribution in [0.1, 0.15) is 32.1 Å². The molecule has 0 unspecified atom stereocenters. The number of benzene rings is 5. The van der Waals surface area contributed by atoms with E-state index < -0.39 is 0 Å². The number of para-hydroxylation sites is 4. The highest BCUT2D eigenvalue weighted by Crippen LogP contribution is 2.51. The summed E-state index contributed by atoms with van der Waals surface area (Å²) in [5, 5.41) is 4.90. The highest BCUT2D eigenvalue weighted by atomic mass is 15.2. The van der Waals surface area contributed by atoms with Crippen LogP contribution < -0.4 is 4.90 Å². The highest BCUT2D eigenvalue weighted by molar-refractivity contribution is 6.10. The van der Waals surface area contributed by atoms with E-state index in [0.717, 1.165) is 56.9 Å². The van der Waals surface area contributed by atoms with E-state index >= 15 is 0 Å². The topological polar surface area (TPSA) is 38.9 Å². The minimum atomic E-state index is 0.662. The Morgan fingerprint density at radius 1 is 0.438 bits per heavy atom. The predicted molar refractivity (Wildman–Crippen MR) is 196 cm³/mol. The number of piperidine rings is 2. The van der Waals surface area contributed by atoms with Crippen LogP contribution in [0.15, 0.2) is 127 Å². The Balaban J connectivity index is 1.16. The lowest BCUT2D eigenvalue weighted by atomic mass is 9.63. The van der Waals surface area contributed by atoms with Crippen LogP contribution in [0, 0.1) is 11.8 Å². The molecule has 5 heterocycles. The van der Waals surface area contributed by atoms with E-state index in [0.29, 0.717) is 12.1 Å². The summed E-state index contributed by atoms with van der Waals surface area (Å²) >= 11 is 0. The molecule has 48 heavy (non-hydrogen) atoms. The molecule has 0 atom stereocenters. The average molecular weight is 622 g/mol. The van der Waals surface area contributed by atoms with E-state index in [-0.39, 0.29) is 0 Å². The summed E-state index contributed by atoms with van der Waals surface area (Å²) in [6.07, 6.45) is 6.82. The molecule has 2 aliphatic heterocycles. The first-order valence-corrected chi connectivity index (χ1v) is 17.5. The van der Waals surface area contributed by atoms with E-state index in [4.69, 9.17) is 9.97 Å². The lowest BCUT2D eigenvalue weighted by molar-refractivity contribution is 0.0900. The largest absolute Gasteiger partial charge is 0.366 e. The van der Waals surface area contributed by atoms with Crippen LogP contribution in [0.3, 0.4) is 0 Å². The predicted octanol–water partition coefficient (Wildman–Crippen LogP) is 10.1. The number of hydrogen-bond acceptors (Lipinski definition) is 3. The van der Waals surface area contributed by atoms with Gasteiger partial charge in [0.25, 0.3) is 0 Å². The van der Waals surface area contributed by atoms with Gasteiger partial charge in [-0.2, -0.15) is 0 Å². The highest BCUT2D eigenvalue weighted by Gasteiger charge is 2.46. The van der Waals surface area contributed by atoms with Gasteiger partial charge in [0.15, 0.2) is 5.82 Å². The van der Waals surface area contributed by atoms with Gasteiger partial charge in [0.2, 0.25) is 0 Å². The van der Waals surface area contributed by atoms with Crippen LogP contribution in [0.2, 0.25) is 0 Å². The number of hydrogen-bond donors (Lipinski definition) is 0. The molecule has 0 spiro atoms. The third-order valence-electron chi connectivity index (χ3n) is 11.6. The Kier molecular flexibility index (Phi) is 5.57. The molecule has 12 rings (SSSR count). The molecule has 8 aromatic rings. The first kappa shape index (κ1) is 26.6. The van der Waals surface area contributed by atoms with Gasteiger partial charge in [-0.25, -0.2) is 9.97 Å². The van der Waals surface area contributed by atoms with Crippen LogP contribution in [0.5, 0.6) is 0 Å². The molecule has 5 nitrogen and oxygen atoms in total. The molecule has 0 N–H and O–H groups in total. The van der Waals surface area contributed by atoms with Crippen LogP contribution in [-0.2, 0) is 0 Å². The zero-order chi connectivity index (χ0) is 31.3. The summed E-state index contributed by atoms with van der Waals surface area (Å²) in [7, 11) is 0. The lowest BCUT2D eigenvalue weighted by Crippen LogP contribution is -2.58. The van der Waals surface area contributed by atoms with Gasteiger partial charge in [-0.3, -0.25) is 9.13 Å². The molecule has 0 amide bonds. The summed E-state index contributed by atoms with van der Waals surface area (Å²) < 4.78 is 4.64. The van der Waals surface area contributed by atoms with Crippen molar-refractivity contribution in [2.45, 2.75) is 44.2 Å².